The van der Waals surface area contributed by atoms with E-state index in [2.05, 4.69) is 9.97 Å². The molecule has 2 N–H and O–H groups in total. The molecule has 0 aliphatic carbocycles. The number of carbonyl (C=O) groups is 1. The van der Waals surface area contributed by atoms with Crippen molar-refractivity contribution in [3.8, 4) is 11.4 Å². The molecule has 1 heterocycles. The zero-order valence-electron chi connectivity index (χ0n) is 10.7. The van der Waals surface area contributed by atoms with Gasteiger partial charge in [0.1, 0.15) is 11.4 Å². The lowest BCUT2D eigenvalue weighted by molar-refractivity contribution is -0.137. The number of aromatic amines is 1. The summed E-state index contributed by atoms with van der Waals surface area (Å²) in [6.45, 7) is 1.34. The second-order valence-corrected chi connectivity index (χ2v) is 4.26. The highest BCUT2D eigenvalue weighted by atomic mass is 19.4. The Hall–Kier alpha value is -2.64. The number of aromatic nitrogens is 2. The second-order valence-electron chi connectivity index (χ2n) is 4.26. The summed E-state index contributed by atoms with van der Waals surface area (Å²) in [5.41, 5.74) is -1.94. The Bertz CT molecular complexity index is 749. The molecule has 0 spiro atoms. The van der Waals surface area contributed by atoms with Crippen molar-refractivity contribution in [3.05, 3.63) is 51.4 Å². The van der Waals surface area contributed by atoms with Gasteiger partial charge in [0.05, 0.1) is 11.3 Å². The van der Waals surface area contributed by atoms with Crippen LogP contribution in [0.15, 0.2) is 29.1 Å². The molecular weight excluding hydrogens is 289 g/mol. The molecule has 8 heteroatoms. The standard InChI is InChI=1S/C13H9F3N2O3/c1-6-9(12(20)21)11(19)18-10(17-6)7-2-4-8(5-3-7)13(14,15)16/h2-5H,1H3,(H,20,21)(H,17,18,19). The number of aryl methyl sites for hydroxylation is 1. The molecule has 0 radical (unpaired) electrons. The third-order valence-corrected chi connectivity index (χ3v) is 2.80. The second kappa shape index (κ2) is 5.04. The molecule has 0 bridgehead atoms. The van der Waals surface area contributed by atoms with Crippen LogP contribution < -0.4 is 5.56 Å². The van der Waals surface area contributed by atoms with Crippen LogP contribution in [0, 0.1) is 6.92 Å². The maximum Gasteiger partial charge on any atom is 0.416 e. The minimum atomic E-state index is -4.46. The van der Waals surface area contributed by atoms with Gasteiger partial charge in [0.15, 0.2) is 0 Å². The maximum absolute atomic E-state index is 12.5. The summed E-state index contributed by atoms with van der Waals surface area (Å²) in [6, 6.07) is 4.02. The Morgan fingerprint density at radius 1 is 1.24 bits per heavy atom. The van der Waals surface area contributed by atoms with Crippen molar-refractivity contribution < 1.29 is 23.1 Å². The van der Waals surface area contributed by atoms with Crippen LogP contribution in [0.25, 0.3) is 11.4 Å². The van der Waals surface area contributed by atoms with Crippen LogP contribution >= 0.6 is 0 Å². The van der Waals surface area contributed by atoms with Gasteiger partial charge in [0, 0.05) is 5.56 Å². The lowest BCUT2D eigenvalue weighted by Gasteiger charge is -2.08. The molecule has 1 aromatic carbocycles. The number of hydrogen-bond donors (Lipinski definition) is 2. The topological polar surface area (TPSA) is 83.0 Å². The maximum atomic E-state index is 12.5. The lowest BCUT2D eigenvalue weighted by Crippen LogP contribution is -2.21. The van der Waals surface area contributed by atoms with Crippen LogP contribution in [0.4, 0.5) is 13.2 Å². The lowest BCUT2D eigenvalue weighted by atomic mass is 10.1. The summed E-state index contributed by atoms with van der Waals surface area (Å²) in [5.74, 6) is -1.41. The average molecular weight is 298 g/mol. The molecule has 0 atom stereocenters. The number of nitrogens with one attached hydrogen (secondary N) is 1. The van der Waals surface area contributed by atoms with E-state index in [1.165, 1.54) is 6.92 Å². The fourth-order valence-electron chi connectivity index (χ4n) is 1.79. The summed E-state index contributed by atoms with van der Waals surface area (Å²) in [4.78, 5) is 28.6. The van der Waals surface area contributed by atoms with Crippen LogP contribution in [-0.4, -0.2) is 21.0 Å². The van der Waals surface area contributed by atoms with Crippen molar-refractivity contribution in [2.24, 2.45) is 0 Å². The predicted octanol–water partition coefficient (Wildman–Crippen LogP) is 2.46. The fraction of sp³-hybridized carbons (Fsp3) is 0.154. The fourth-order valence-corrected chi connectivity index (χ4v) is 1.79. The van der Waals surface area contributed by atoms with Crippen molar-refractivity contribution in [2.75, 3.05) is 0 Å². The molecule has 110 valence electrons. The number of carboxylic acid groups (broad SMARTS) is 1. The van der Waals surface area contributed by atoms with E-state index in [0.717, 1.165) is 24.3 Å². The molecule has 0 saturated heterocycles. The Morgan fingerprint density at radius 3 is 2.24 bits per heavy atom. The van der Waals surface area contributed by atoms with Crippen LogP contribution in [0.1, 0.15) is 21.6 Å². The number of alkyl halides is 3. The van der Waals surface area contributed by atoms with Crippen molar-refractivity contribution in [1.29, 1.82) is 0 Å². The van der Waals surface area contributed by atoms with E-state index in [4.69, 9.17) is 5.11 Å². The number of carboxylic acids is 1. The number of halogens is 3. The summed E-state index contributed by atoms with van der Waals surface area (Å²) in [7, 11) is 0. The van der Waals surface area contributed by atoms with Gasteiger partial charge in [-0.2, -0.15) is 13.2 Å². The molecule has 0 unspecified atom stereocenters. The highest BCUT2D eigenvalue weighted by Gasteiger charge is 2.30. The molecule has 1 aromatic heterocycles. The van der Waals surface area contributed by atoms with Gasteiger partial charge in [-0.3, -0.25) is 4.79 Å². The van der Waals surface area contributed by atoms with Gasteiger partial charge >= 0.3 is 12.1 Å². The summed E-state index contributed by atoms with van der Waals surface area (Å²) in [5, 5.41) is 8.85. The van der Waals surface area contributed by atoms with Gasteiger partial charge < -0.3 is 10.1 Å². The molecular formula is C13H9F3N2O3. The van der Waals surface area contributed by atoms with Gasteiger partial charge in [-0.15, -0.1) is 0 Å². The minimum Gasteiger partial charge on any atom is -0.477 e. The normalized spacial score (nSPS) is 11.4. The van der Waals surface area contributed by atoms with Gasteiger partial charge in [-0.05, 0) is 19.1 Å². The average Bonchev–Trinajstić information content (AvgIpc) is 2.36. The van der Waals surface area contributed by atoms with E-state index in [9.17, 15) is 22.8 Å². The Balaban J connectivity index is 2.49. The molecule has 21 heavy (non-hydrogen) atoms. The van der Waals surface area contributed by atoms with Crippen molar-refractivity contribution in [1.82, 2.24) is 9.97 Å². The Labute approximate surface area is 116 Å². The summed E-state index contributed by atoms with van der Waals surface area (Å²) < 4.78 is 37.4. The van der Waals surface area contributed by atoms with E-state index >= 15 is 0 Å². The van der Waals surface area contributed by atoms with Gasteiger partial charge in [0.25, 0.3) is 5.56 Å². The van der Waals surface area contributed by atoms with Crippen molar-refractivity contribution in [3.63, 3.8) is 0 Å². The number of aromatic carboxylic acids is 1. The molecule has 0 aliphatic heterocycles. The van der Waals surface area contributed by atoms with Gasteiger partial charge in [-0.25, -0.2) is 9.78 Å². The van der Waals surface area contributed by atoms with Crippen molar-refractivity contribution >= 4 is 5.97 Å². The third-order valence-electron chi connectivity index (χ3n) is 2.80. The van der Waals surface area contributed by atoms with Crippen LogP contribution in [-0.2, 0) is 6.18 Å². The van der Waals surface area contributed by atoms with Gasteiger partial charge in [0.2, 0.25) is 0 Å². The number of hydrogen-bond acceptors (Lipinski definition) is 3. The van der Waals surface area contributed by atoms with E-state index in [0.29, 0.717) is 0 Å². The van der Waals surface area contributed by atoms with E-state index in [1.807, 2.05) is 0 Å². The SMILES string of the molecule is Cc1nc(-c2ccc(C(F)(F)F)cc2)[nH]c(=O)c1C(=O)O. The Morgan fingerprint density at radius 2 is 1.81 bits per heavy atom. The first-order valence-electron chi connectivity index (χ1n) is 5.72. The smallest absolute Gasteiger partial charge is 0.416 e. The Kier molecular flexibility index (Phi) is 3.54. The van der Waals surface area contributed by atoms with E-state index < -0.39 is 28.8 Å². The first-order valence-corrected chi connectivity index (χ1v) is 5.72. The van der Waals surface area contributed by atoms with E-state index in [1.54, 1.807) is 0 Å². The quantitative estimate of drug-likeness (QED) is 0.892. The van der Waals surface area contributed by atoms with Gasteiger partial charge in [-0.1, -0.05) is 12.1 Å². The first-order chi connectivity index (χ1) is 9.70. The molecule has 2 rings (SSSR count). The molecule has 2 aromatic rings. The predicted molar refractivity (Wildman–Crippen MR) is 67.0 cm³/mol. The monoisotopic (exact) mass is 298 g/mol. The number of nitrogens with zero attached hydrogens (tertiary/aromatic N) is 1. The molecule has 0 saturated carbocycles. The zero-order chi connectivity index (χ0) is 15.8. The number of H-pyrrole nitrogens is 1. The largest absolute Gasteiger partial charge is 0.477 e. The van der Waals surface area contributed by atoms with Crippen LogP contribution in [0.3, 0.4) is 0 Å². The highest BCUT2D eigenvalue weighted by molar-refractivity contribution is 5.88. The van der Waals surface area contributed by atoms with E-state index in [-0.39, 0.29) is 17.1 Å². The molecule has 0 amide bonds. The summed E-state index contributed by atoms with van der Waals surface area (Å²) in [6.07, 6.45) is -4.46. The number of rotatable bonds is 2. The molecule has 5 nitrogen and oxygen atoms in total. The number of benzene rings is 1. The van der Waals surface area contributed by atoms with Crippen LogP contribution in [0.2, 0.25) is 0 Å². The molecule has 0 aliphatic rings. The zero-order valence-corrected chi connectivity index (χ0v) is 10.7. The highest BCUT2D eigenvalue weighted by Crippen LogP contribution is 2.30. The first kappa shape index (κ1) is 14.8. The van der Waals surface area contributed by atoms with Crippen LogP contribution in [0.5, 0.6) is 0 Å². The minimum absolute atomic E-state index is 0.0104. The van der Waals surface area contributed by atoms with Crippen molar-refractivity contribution in [2.45, 2.75) is 13.1 Å². The molecule has 0 fully saturated rings. The third kappa shape index (κ3) is 2.93. The summed E-state index contributed by atoms with van der Waals surface area (Å²) >= 11 is 0.